The molecule has 0 aliphatic carbocycles. The number of hydrogen-bond donors (Lipinski definition) is 0. The lowest BCUT2D eigenvalue weighted by Gasteiger charge is -2.33. The monoisotopic (exact) mass is 368 g/mol. The first kappa shape index (κ1) is 19.1. The van der Waals surface area contributed by atoms with Crippen molar-refractivity contribution >= 4 is 27.7 Å². The molecule has 1 heterocycles. The Kier molecular flexibility index (Phi) is 5.91. The zero-order valence-corrected chi connectivity index (χ0v) is 14.9. The fourth-order valence-electron chi connectivity index (χ4n) is 2.44. The van der Waals surface area contributed by atoms with Crippen LogP contribution in [0.15, 0.2) is 29.2 Å². The molecule has 1 aliphatic heterocycles. The normalized spacial score (nSPS) is 15.7. The van der Waals surface area contributed by atoms with Crippen LogP contribution in [-0.4, -0.2) is 68.1 Å². The van der Waals surface area contributed by atoms with Gasteiger partial charge in [0.15, 0.2) is 12.4 Å². The number of nitrogens with zero attached hydrogens (tertiary/aromatic N) is 2. The first-order chi connectivity index (χ1) is 11.7. The van der Waals surface area contributed by atoms with E-state index in [4.69, 9.17) is 0 Å². The number of esters is 1. The quantitative estimate of drug-likeness (QED) is 0.547. The molecular formula is C16H20N2O6S. The van der Waals surface area contributed by atoms with Crippen LogP contribution in [0.2, 0.25) is 0 Å². The summed E-state index contributed by atoms with van der Waals surface area (Å²) in [5.41, 5.74) is 0.444. The Labute approximate surface area is 146 Å². The van der Waals surface area contributed by atoms with Crippen LogP contribution in [-0.2, 0) is 24.3 Å². The Bertz CT molecular complexity index is 764. The highest BCUT2D eigenvalue weighted by molar-refractivity contribution is 7.89. The Morgan fingerprint density at radius 1 is 1.00 bits per heavy atom. The van der Waals surface area contributed by atoms with Gasteiger partial charge in [0.2, 0.25) is 10.0 Å². The summed E-state index contributed by atoms with van der Waals surface area (Å²) in [6.07, 6.45) is 0. The Morgan fingerprint density at radius 2 is 1.56 bits per heavy atom. The van der Waals surface area contributed by atoms with E-state index in [1.807, 2.05) is 0 Å². The minimum atomic E-state index is -3.68. The smallest absolute Gasteiger partial charge is 0.303 e. The van der Waals surface area contributed by atoms with Crippen LogP contribution in [0.5, 0.6) is 0 Å². The Balaban J connectivity index is 2.00. The van der Waals surface area contributed by atoms with Gasteiger partial charge in [-0.05, 0) is 19.1 Å². The molecular weight excluding hydrogens is 348 g/mol. The SMILES string of the molecule is CC(=O)OCC(=O)N1CCN(S(=O)(=O)c2ccc(C(C)=O)cc2)CC1. The summed E-state index contributed by atoms with van der Waals surface area (Å²) in [5.74, 6) is -1.02. The van der Waals surface area contributed by atoms with Crippen LogP contribution in [0.25, 0.3) is 0 Å². The molecule has 1 fully saturated rings. The van der Waals surface area contributed by atoms with E-state index in [-0.39, 0.29) is 49.4 Å². The summed E-state index contributed by atoms with van der Waals surface area (Å²) in [4.78, 5) is 35.5. The van der Waals surface area contributed by atoms with Crippen LogP contribution in [0.1, 0.15) is 24.2 Å². The number of carbonyl (C=O) groups is 3. The molecule has 0 saturated carbocycles. The van der Waals surface area contributed by atoms with Gasteiger partial charge in [0.25, 0.3) is 5.91 Å². The Morgan fingerprint density at radius 3 is 2.04 bits per heavy atom. The van der Waals surface area contributed by atoms with Gasteiger partial charge in [-0.1, -0.05) is 12.1 Å². The molecule has 0 radical (unpaired) electrons. The van der Waals surface area contributed by atoms with Crippen molar-refractivity contribution in [2.24, 2.45) is 0 Å². The lowest BCUT2D eigenvalue weighted by atomic mass is 10.2. The van der Waals surface area contributed by atoms with E-state index < -0.39 is 16.0 Å². The molecule has 0 bridgehead atoms. The van der Waals surface area contributed by atoms with Gasteiger partial charge >= 0.3 is 5.97 Å². The summed E-state index contributed by atoms with van der Waals surface area (Å²) in [7, 11) is -3.68. The van der Waals surface area contributed by atoms with E-state index in [2.05, 4.69) is 4.74 Å². The van der Waals surface area contributed by atoms with E-state index in [0.29, 0.717) is 5.56 Å². The third-order valence-electron chi connectivity index (χ3n) is 3.89. The third kappa shape index (κ3) is 4.64. The third-order valence-corrected chi connectivity index (χ3v) is 5.80. The number of amides is 1. The van der Waals surface area contributed by atoms with Crippen molar-refractivity contribution in [3.05, 3.63) is 29.8 Å². The van der Waals surface area contributed by atoms with Gasteiger partial charge in [-0.2, -0.15) is 4.31 Å². The highest BCUT2D eigenvalue weighted by atomic mass is 32.2. The van der Waals surface area contributed by atoms with Crippen LogP contribution in [0, 0.1) is 0 Å². The number of ketones is 1. The first-order valence-electron chi connectivity index (χ1n) is 7.74. The number of sulfonamides is 1. The maximum atomic E-state index is 12.6. The van der Waals surface area contributed by atoms with Crippen molar-refractivity contribution in [3.63, 3.8) is 0 Å². The lowest BCUT2D eigenvalue weighted by molar-refractivity contribution is -0.150. The molecule has 1 saturated heterocycles. The van der Waals surface area contributed by atoms with Gasteiger partial charge in [0.05, 0.1) is 4.90 Å². The molecule has 0 aromatic heterocycles. The molecule has 0 atom stereocenters. The van der Waals surface area contributed by atoms with Gasteiger partial charge < -0.3 is 9.64 Å². The number of rotatable bonds is 5. The minimum Gasteiger partial charge on any atom is -0.456 e. The number of hydrogen-bond acceptors (Lipinski definition) is 6. The summed E-state index contributed by atoms with van der Waals surface area (Å²) < 4.78 is 31.2. The molecule has 1 aromatic carbocycles. The Hall–Kier alpha value is -2.26. The van der Waals surface area contributed by atoms with Gasteiger partial charge in [-0.15, -0.1) is 0 Å². The van der Waals surface area contributed by atoms with Gasteiger partial charge in [-0.25, -0.2) is 8.42 Å². The van der Waals surface area contributed by atoms with Crippen molar-refractivity contribution < 1.29 is 27.5 Å². The fourth-order valence-corrected chi connectivity index (χ4v) is 3.87. The number of benzene rings is 1. The van der Waals surface area contributed by atoms with E-state index in [9.17, 15) is 22.8 Å². The average Bonchev–Trinajstić information content (AvgIpc) is 2.59. The summed E-state index contributed by atoms with van der Waals surface area (Å²) in [6, 6.07) is 5.77. The molecule has 1 amide bonds. The maximum absolute atomic E-state index is 12.6. The highest BCUT2D eigenvalue weighted by Crippen LogP contribution is 2.18. The van der Waals surface area contributed by atoms with Crippen molar-refractivity contribution in [2.45, 2.75) is 18.7 Å². The predicted octanol–water partition coefficient (Wildman–Crippen LogP) is 0.285. The van der Waals surface area contributed by atoms with E-state index in [1.165, 1.54) is 47.3 Å². The standard InChI is InChI=1S/C16H20N2O6S/c1-12(19)14-3-5-15(6-4-14)25(22,23)18-9-7-17(8-10-18)16(21)11-24-13(2)20/h3-6H,7-11H2,1-2H3. The van der Waals surface area contributed by atoms with Crippen LogP contribution in [0.3, 0.4) is 0 Å². The average molecular weight is 368 g/mol. The van der Waals surface area contributed by atoms with Crippen molar-refractivity contribution in [2.75, 3.05) is 32.8 Å². The molecule has 136 valence electrons. The zero-order chi connectivity index (χ0) is 18.6. The number of carbonyl (C=O) groups excluding carboxylic acids is 3. The van der Waals surface area contributed by atoms with Crippen LogP contribution >= 0.6 is 0 Å². The fraction of sp³-hybridized carbons (Fsp3) is 0.438. The summed E-state index contributed by atoms with van der Waals surface area (Å²) >= 11 is 0. The van der Waals surface area contributed by atoms with E-state index >= 15 is 0 Å². The van der Waals surface area contributed by atoms with Crippen molar-refractivity contribution in [1.29, 1.82) is 0 Å². The second-order valence-electron chi connectivity index (χ2n) is 5.65. The molecule has 1 aromatic rings. The predicted molar refractivity (Wildman–Crippen MR) is 88.4 cm³/mol. The molecule has 0 spiro atoms. The molecule has 1 aliphatic rings. The minimum absolute atomic E-state index is 0.109. The second-order valence-corrected chi connectivity index (χ2v) is 7.58. The topological polar surface area (TPSA) is 101 Å². The van der Waals surface area contributed by atoms with E-state index in [1.54, 1.807) is 0 Å². The number of piperazine rings is 1. The first-order valence-corrected chi connectivity index (χ1v) is 9.18. The highest BCUT2D eigenvalue weighted by Gasteiger charge is 2.30. The van der Waals surface area contributed by atoms with E-state index in [0.717, 1.165) is 0 Å². The molecule has 25 heavy (non-hydrogen) atoms. The molecule has 8 nitrogen and oxygen atoms in total. The lowest BCUT2D eigenvalue weighted by Crippen LogP contribution is -2.51. The molecule has 0 unspecified atom stereocenters. The molecule has 9 heteroatoms. The number of ether oxygens (including phenoxy) is 1. The van der Waals surface area contributed by atoms with Gasteiger partial charge in [-0.3, -0.25) is 14.4 Å². The summed E-state index contributed by atoms with van der Waals surface area (Å²) in [5, 5.41) is 0. The maximum Gasteiger partial charge on any atom is 0.303 e. The molecule has 0 N–H and O–H groups in total. The largest absolute Gasteiger partial charge is 0.456 e. The van der Waals surface area contributed by atoms with Crippen molar-refractivity contribution in [3.8, 4) is 0 Å². The zero-order valence-electron chi connectivity index (χ0n) is 14.1. The van der Waals surface area contributed by atoms with Crippen molar-refractivity contribution in [1.82, 2.24) is 9.21 Å². The summed E-state index contributed by atoms with van der Waals surface area (Å²) in [6.45, 7) is 3.06. The molecule has 2 rings (SSSR count). The second kappa shape index (κ2) is 7.75. The number of Topliss-reactive ketones (excluding diaryl/α,β-unsaturated/α-hetero) is 1. The van der Waals surface area contributed by atoms with Crippen LogP contribution < -0.4 is 0 Å². The van der Waals surface area contributed by atoms with Gasteiger partial charge in [0.1, 0.15) is 0 Å². The van der Waals surface area contributed by atoms with Gasteiger partial charge in [0, 0.05) is 38.7 Å². The van der Waals surface area contributed by atoms with Crippen LogP contribution in [0.4, 0.5) is 0 Å².